The monoisotopic (exact) mass is 304 g/mol. The quantitative estimate of drug-likeness (QED) is 0.566. The van der Waals surface area contributed by atoms with E-state index in [1.807, 2.05) is 12.1 Å². The fourth-order valence-corrected chi connectivity index (χ4v) is 3.49. The maximum atomic E-state index is 13.2. The lowest BCUT2D eigenvalue weighted by Gasteiger charge is -2.14. The summed E-state index contributed by atoms with van der Waals surface area (Å²) < 4.78 is 27.4. The van der Waals surface area contributed by atoms with Crippen LogP contribution in [0.15, 0.2) is 48.5 Å². The molecule has 1 atom stereocenters. The first kappa shape index (κ1) is 14.1. The number of fused-ring (bicyclic) bond motifs is 1. The molecule has 0 radical (unpaired) electrons. The summed E-state index contributed by atoms with van der Waals surface area (Å²) in [6.07, 6.45) is 0.573. The van der Waals surface area contributed by atoms with E-state index in [-0.39, 0.29) is 17.7 Å². The van der Waals surface area contributed by atoms with Gasteiger partial charge in [-0.1, -0.05) is 18.2 Å². The molecule has 3 aromatic rings. The second kappa shape index (κ2) is 5.89. The van der Waals surface area contributed by atoms with Gasteiger partial charge >= 0.3 is 0 Å². The van der Waals surface area contributed by atoms with Crippen molar-refractivity contribution in [3.8, 4) is 0 Å². The molecule has 0 saturated carbocycles. The van der Waals surface area contributed by atoms with Gasteiger partial charge in [-0.15, -0.1) is 11.3 Å². The molecule has 0 aliphatic rings. The zero-order chi connectivity index (χ0) is 14.8. The van der Waals surface area contributed by atoms with Crippen LogP contribution in [0.3, 0.4) is 0 Å². The van der Waals surface area contributed by atoms with Crippen molar-refractivity contribution in [1.29, 1.82) is 0 Å². The minimum atomic E-state index is -0.262. The molecule has 2 aromatic carbocycles. The van der Waals surface area contributed by atoms with Crippen molar-refractivity contribution in [2.75, 3.05) is 0 Å². The molecule has 21 heavy (non-hydrogen) atoms. The first-order valence-corrected chi connectivity index (χ1v) is 7.37. The summed E-state index contributed by atoms with van der Waals surface area (Å²) in [5.74, 6) is 5.12. The largest absolute Gasteiger partial charge is 0.271 e. The third-order valence-electron chi connectivity index (χ3n) is 3.37. The second-order valence-corrected chi connectivity index (χ2v) is 6.00. The highest BCUT2D eigenvalue weighted by Crippen LogP contribution is 2.31. The van der Waals surface area contributed by atoms with Crippen molar-refractivity contribution in [3.63, 3.8) is 0 Å². The molecule has 1 heterocycles. The molecule has 0 bridgehead atoms. The lowest BCUT2D eigenvalue weighted by atomic mass is 10.0. The highest BCUT2D eigenvalue weighted by molar-refractivity contribution is 7.19. The molecule has 3 rings (SSSR count). The van der Waals surface area contributed by atoms with Crippen molar-refractivity contribution in [2.45, 2.75) is 12.5 Å². The van der Waals surface area contributed by atoms with Crippen LogP contribution in [-0.4, -0.2) is 0 Å². The van der Waals surface area contributed by atoms with Crippen LogP contribution in [0.2, 0.25) is 0 Å². The number of hydrogen-bond donors (Lipinski definition) is 2. The van der Waals surface area contributed by atoms with E-state index >= 15 is 0 Å². The summed E-state index contributed by atoms with van der Waals surface area (Å²) in [6.45, 7) is 0. The van der Waals surface area contributed by atoms with Gasteiger partial charge in [-0.05, 0) is 47.7 Å². The van der Waals surface area contributed by atoms with Gasteiger partial charge in [0.25, 0.3) is 0 Å². The summed E-state index contributed by atoms with van der Waals surface area (Å²) in [5, 5.41) is 0.982. The van der Waals surface area contributed by atoms with E-state index in [1.165, 1.54) is 35.6 Å². The summed E-state index contributed by atoms with van der Waals surface area (Å²) in [6, 6.07) is 13.0. The number of hydrazine groups is 1. The van der Waals surface area contributed by atoms with Gasteiger partial charge in [0.1, 0.15) is 11.6 Å². The van der Waals surface area contributed by atoms with E-state index in [9.17, 15) is 8.78 Å². The van der Waals surface area contributed by atoms with Crippen molar-refractivity contribution in [2.24, 2.45) is 5.84 Å². The van der Waals surface area contributed by atoms with E-state index in [0.717, 1.165) is 20.5 Å². The molecule has 3 N–H and O–H groups in total. The zero-order valence-corrected chi connectivity index (χ0v) is 12.0. The Bertz CT molecular complexity index is 770. The first-order valence-electron chi connectivity index (χ1n) is 6.55. The Balaban J connectivity index is 1.90. The van der Waals surface area contributed by atoms with Gasteiger partial charge in [0.2, 0.25) is 0 Å². The predicted molar refractivity (Wildman–Crippen MR) is 82.0 cm³/mol. The molecule has 0 amide bonds. The Morgan fingerprint density at radius 2 is 1.86 bits per heavy atom. The maximum Gasteiger partial charge on any atom is 0.124 e. The van der Waals surface area contributed by atoms with E-state index in [2.05, 4.69) is 5.43 Å². The lowest BCUT2D eigenvalue weighted by Crippen LogP contribution is -2.28. The number of halogens is 2. The first-order chi connectivity index (χ1) is 10.2. The zero-order valence-electron chi connectivity index (χ0n) is 11.1. The SMILES string of the molecule is NNC(Cc1cccc(F)c1)c1cc2ccc(F)cc2s1. The molecule has 1 unspecified atom stereocenters. The van der Waals surface area contributed by atoms with E-state index in [1.54, 1.807) is 12.1 Å². The Morgan fingerprint density at radius 3 is 2.62 bits per heavy atom. The maximum absolute atomic E-state index is 13.2. The van der Waals surface area contributed by atoms with Crippen molar-refractivity contribution >= 4 is 21.4 Å². The van der Waals surface area contributed by atoms with Gasteiger partial charge in [0, 0.05) is 9.58 Å². The molecule has 1 aromatic heterocycles. The Labute approximate surface area is 125 Å². The van der Waals surface area contributed by atoms with Crippen LogP contribution in [0, 0.1) is 11.6 Å². The molecule has 0 aliphatic carbocycles. The molecular formula is C16H14F2N2S. The van der Waals surface area contributed by atoms with Gasteiger partial charge in [-0.25, -0.2) is 8.78 Å². The molecule has 5 heteroatoms. The fraction of sp³-hybridized carbons (Fsp3) is 0.125. The van der Waals surface area contributed by atoms with Gasteiger partial charge in [-0.2, -0.15) is 0 Å². The van der Waals surface area contributed by atoms with Crippen LogP contribution >= 0.6 is 11.3 Å². The Morgan fingerprint density at radius 1 is 1.05 bits per heavy atom. The van der Waals surface area contributed by atoms with Crippen LogP contribution < -0.4 is 11.3 Å². The average Bonchev–Trinajstić information content (AvgIpc) is 2.87. The molecule has 2 nitrogen and oxygen atoms in total. The second-order valence-electron chi connectivity index (χ2n) is 4.88. The van der Waals surface area contributed by atoms with E-state index < -0.39 is 0 Å². The van der Waals surface area contributed by atoms with Crippen molar-refractivity contribution < 1.29 is 8.78 Å². The molecule has 0 saturated heterocycles. The molecule has 0 fully saturated rings. The minimum absolute atomic E-state index is 0.132. The fourth-order valence-electron chi connectivity index (χ4n) is 2.34. The smallest absolute Gasteiger partial charge is 0.124 e. The standard InChI is InChI=1S/C16H14F2N2S/c17-12-3-1-2-10(6-12)7-14(20-19)16-8-11-4-5-13(18)9-15(11)21-16/h1-6,8-9,14,20H,7,19H2. The van der Waals surface area contributed by atoms with Crippen LogP contribution in [0.4, 0.5) is 8.78 Å². The molecular weight excluding hydrogens is 290 g/mol. The molecule has 108 valence electrons. The van der Waals surface area contributed by atoms with Gasteiger partial charge < -0.3 is 0 Å². The highest BCUT2D eigenvalue weighted by Gasteiger charge is 2.14. The summed E-state index contributed by atoms with van der Waals surface area (Å²) >= 11 is 1.49. The molecule has 0 spiro atoms. The highest BCUT2D eigenvalue weighted by atomic mass is 32.1. The number of hydrogen-bond acceptors (Lipinski definition) is 3. The third kappa shape index (κ3) is 3.10. The number of benzene rings is 2. The third-order valence-corrected chi connectivity index (χ3v) is 4.59. The Kier molecular flexibility index (Phi) is 3.96. The van der Waals surface area contributed by atoms with Crippen LogP contribution in [0.5, 0.6) is 0 Å². The van der Waals surface area contributed by atoms with Crippen LogP contribution in [0.25, 0.3) is 10.1 Å². The van der Waals surface area contributed by atoms with E-state index in [0.29, 0.717) is 6.42 Å². The van der Waals surface area contributed by atoms with Crippen molar-refractivity contribution in [1.82, 2.24) is 5.43 Å². The number of thiophene rings is 1. The normalized spacial score (nSPS) is 12.7. The topological polar surface area (TPSA) is 38.0 Å². The molecule has 0 aliphatic heterocycles. The summed E-state index contributed by atoms with van der Waals surface area (Å²) in [7, 11) is 0. The number of nitrogens with two attached hydrogens (primary N) is 1. The van der Waals surface area contributed by atoms with Crippen LogP contribution in [0.1, 0.15) is 16.5 Å². The van der Waals surface area contributed by atoms with Gasteiger partial charge in [0.15, 0.2) is 0 Å². The summed E-state index contributed by atoms with van der Waals surface area (Å²) in [5.41, 5.74) is 3.62. The summed E-state index contributed by atoms with van der Waals surface area (Å²) in [4.78, 5) is 1.00. The van der Waals surface area contributed by atoms with Crippen molar-refractivity contribution in [3.05, 3.63) is 70.6 Å². The van der Waals surface area contributed by atoms with E-state index in [4.69, 9.17) is 5.84 Å². The average molecular weight is 304 g/mol. The lowest BCUT2D eigenvalue weighted by molar-refractivity contribution is 0.557. The van der Waals surface area contributed by atoms with Gasteiger partial charge in [-0.3, -0.25) is 11.3 Å². The number of rotatable bonds is 4. The Hall–Kier alpha value is -1.82. The predicted octanol–water partition coefficient (Wildman–Crippen LogP) is 3.93. The van der Waals surface area contributed by atoms with Gasteiger partial charge in [0.05, 0.1) is 6.04 Å². The number of nitrogens with one attached hydrogen (secondary N) is 1. The van der Waals surface area contributed by atoms with Crippen LogP contribution in [-0.2, 0) is 6.42 Å². The minimum Gasteiger partial charge on any atom is -0.271 e.